The van der Waals surface area contributed by atoms with Crippen LogP contribution in [0.4, 0.5) is 16.6 Å². The fourth-order valence-electron chi connectivity index (χ4n) is 2.20. The van der Waals surface area contributed by atoms with Crippen molar-refractivity contribution in [2.75, 3.05) is 11.1 Å². The maximum absolute atomic E-state index is 11.1. The minimum atomic E-state index is -0.503. The number of amides is 1. The second kappa shape index (κ2) is 6.20. The molecule has 11 heteroatoms. The topological polar surface area (TPSA) is 149 Å². The summed E-state index contributed by atoms with van der Waals surface area (Å²) in [4.78, 5) is 21.3. The van der Waals surface area contributed by atoms with Gasteiger partial charge in [0, 0.05) is 24.7 Å². The number of carbonyl (C=O) groups is 1. The van der Waals surface area contributed by atoms with Crippen molar-refractivity contribution in [3.63, 3.8) is 0 Å². The van der Waals surface area contributed by atoms with E-state index in [1.165, 1.54) is 42.0 Å². The fourth-order valence-corrected chi connectivity index (χ4v) is 3.05. The zero-order valence-electron chi connectivity index (χ0n) is 12.8. The van der Waals surface area contributed by atoms with Gasteiger partial charge in [0.25, 0.3) is 5.69 Å². The third kappa shape index (κ3) is 3.12. The number of nitrogens with one attached hydrogen (secondary N) is 1. The molecule has 1 aromatic carbocycles. The number of rotatable bonds is 4. The van der Waals surface area contributed by atoms with Crippen molar-refractivity contribution < 1.29 is 14.8 Å². The smallest absolute Gasteiger partial charge is 0.269 e. The van der Waals surface area contributed by atoms with Gasteiger partial charge in [-0.15, -0.1) is 10.2 Å². The lowest BCUT2D eigenvalue weighted by atomic mass is 10.3. The number of nitro benzene ring substituents is 1. The molecule has 25 heavy (non-hydrogen) atoms. The van der Waals surface area contributed by atoms with Gasteiger partial charge in [-0.05, 0) is 12.1 Å². The Bertz CT molecular complexity index is 962. The Labute approximate surface area is 144 Å². The molecular formula is C14H12N6O4S. The summed E-state index contributed by atoms with van der Waals surface area (Å²) in [5.74, 6) is -0.221. The van der Waals surface area contributed by atoms with E-state index in [4.69, 9.17) is 5.73 Å². The van der Waals surface area contributed by atoms with Crippen LogP contribution in [-0.4, -0.2) is 30.7 Å². The summed E-state index contributed by atoms with van der Waals surface area (Å²) in [6, 6.07) is 5.71. The molecule has 3 rings (SSSR count). The normalized spacial score (nSPS) is 10.6. The second-order valence-electron chi connectivity index (χ2n) is 5.01. The van der Waals surface area contributed by atoms with Crippen LogP contribution in [0.2, 0.25) is 0 Å². The van der Waals surface area contributed by atoms with Gasteiger partial charge < -0.3 is 16.2 Å². The molecule has 2 aromatic heterocycles. The number of aromatic nitrogens is 3. The Morgan fingerprint density at radius 1 is 1.36 bits per heavy atom. The molecule has 2 heterocycles. The molecule has 4 N–H and O–H groups in total. The van der Waals surface area contributed by atoms with E-state index in [9.17, 15) is 20.0 Å². The number of nitrogens with zero attached hydrogens (tertiary/aromatic N) is 4. The van der Waals surface area contributed by atoms with E-state index < -0.39 is 4.92 Å². The van der Waals surface area contributed by atoms with E-state index in [1.54, 1.807) is 0 Å². The van der Waals surface area contributed by atoms with Gasteiger partial charge in [-0.3, -0.25) is 19.5 Å². The quantitative estimate of drug-likeness (QED) is 0.476. The minimum Gasteiger partial charge on any atom is -0.506 e. The van der Waals surface area contributed by atoms with Crippen molar-refractivity contribution >= 4 is 33.9 Å². The van der Waals surface area contributed by atoms with Crippen molar-refractivity contribution in [2.45, 2.75) is 6.92 Å². The maximum atomic E-state index is 11.1. The number of hydrogen-bond donors (Lipinski definition) is 3. The van der Waals surface area contributed by atoms with E-state index in [0.717, 1.165) is 11.3 Å². The number of nitro groups is 1. The molecule has 0 saturated heterocycles. The molecule has 0 aliphatic carbocycles. The highest BCUT2D eigenvalue weighted by Gasteiger charge is 2.20. The van der Waals surface area contributed by atoms with Crippen LogP contribution < -0.4 is 11.1 Å². The Morgan fingerprint density at radius 3 is 2.64 bits per heavy atom. The summed E-state index contributed by atoms with van der Waals surface area (Å²) < 4.78 is 1.48. The third-order valence-electron chi connectivity index (χ3n) is 3.28. The first-order valence-electron chi connectivity index (χ1n) is 6.93. The number of non-ortho nitro benzene ring substituents is 1. The summed E-state index contributed by atoms with van der Waals surface area (Å²) in [6.07, 6.45) is 1.38. The van der Waals surface area contributed by atoms with E-state index in [-0.39, 0.29) is 33.9 Å². The number of hydrogen-bond acceptors (Lipinski definition) is 8. The van der Waals surface area contributed by atoms with Gasteiger partial charge in [0.05, 0.1) is 16.7 Å². The van der Waals surface area contributed by atoms with E-state index in [0.29, 0.717) is 10.7 Å². The Hall–Kier alpha value is -3.47. The number of aromatic hydroxyl groups is 1. The number of carbonyl (C=O) groups excluding carboxylic acids is 1. The number of nitrogen functional groups attached to an aromatic ring is 1. The molecule has 10 nitrogen and oxygen atoms in total. The van der Waals surface area contributed by atoms with Crippen LogP contribution in [0.5, 0.6) is 5.75 Å². The molecule has 0 unspecified atom stereocenters. The van der Waals surface area contributed by atoms with Crippen LogP contribution in [0.15, 0.2) is 30.5 Å². The standard InChI is InChI=1S/C14H12N6O4S/c1-7(21)16-14-18-17-13(25-14)11-10(22)6-19(12(11)15)8-2-4-9(5-3-8)20(23)24/h2-6,22H,15H2,1H3,(H,16,18,21). The zero-order valence-corrected chi connectivity index (χ0v) is 13.6. The SMILES string of the molecule is CC(=O)Nc1nnc(-c2c(O)cn(-c3ccc([N+](=O)[O-])cc3)c2N)s1. The molecule has 0 atom stereocenters. The van der Waals surface area contributed by atoms with Gasteiger partial charge >= 0.3 is 0 Å². The predicted octanol–water partition coefficient (Wildman–Crippen LogP) is 2.15. The summed E-state index contributed by atoms with van der Waals surface area (Å²) in [7, 11) is 0. The summed E-state index contributed by atoms with van der Waals surface area (Å²) in [5.41, 5.74) is 6.85. The van der Waals surface area contributed by atoms with Crippen LogP contribution in [0.3, 0.4) is 0 Å². The Balaban J connectivity index is 1.99. The number of benzene rings is 1. The summed E-state index contributed by atoms with van der Waals surface area (Å²) in [5, 5.41) is 31.8. The first-order chi connectivity index (χ1) is 11.9. The molecule has 128 valence electrons. The zero-order chi connectivity index (χ0) is 18.1. The first-order valence-corrected chi connectivity index (χ1v) is 7.74. The van der Waals surface area contributed by atoms with E-state index in [2.05, 4.69) is 15.5 Å². The lowest BCUT2D eigenvalue weighted by molar-refractivity contribution is -0.384. The third-order valence-corrected chi connectivity index (χ3v) is 4.14. The van der Waals surface area contributed by atoms with Gasteiger partial charge in [0.1, 0.15) is 11.6 Å². The molecule has 0 aliphatic heterocycles. The summed E-state index contributed by atoms with van der Waals surface area (Å²) >= 11 is 1.06. The molecule has 0 bridgehead atoms. The number of anilines is 2. The summed E-state index contributed by atoms with van der Waals surface area (Å²) in [6.45, 7) is 1.35. The largest absolute Gasteiger partial charge is 0.506 e. The highest BCUT2D eigenvalue weighted by atomic mass is 32.1. The van der Waals surface area contributed by atoms with E-state index >= 15 is 0 Å². The van der Waals surface area contributed by atoms with Gasteiger partial charge in [-0.25, -0.2) is 0 Å². The molecule has 0 saturated carbocycles. The van der Waals surface area contributed by atoms with Crippen molar-refractivity contribution in [1.82, 2.24) is 14.8 Å². The molecule has 0 spiro atoms. The van der Waals surface area contributed by atoms with Gasteiger partial charge in [0.15, 0.2) is 5.01 Å². The van der Waals surface area contributed by atoms with Gasteiger partial charge in [0.2, 0.25) is 11.0 Å². The predicted molar refractivity (Wildman–Crippen MR) is 91.7 cm³/mol. The van der Waals surface area contributed by atoms with E-state index in [1.807, 2.05) is 0 Å². The molecule has 0 fully saturated rings. The molecule has 3 aromatic rings. The molecular weight excluding hydrogens is 348 g/mol. The highest BCUT2D eigenvalue weighted by molar-refractivity contribution is 7.18. The molecule has 0 radical (unpaired) electrons. The van der Waals surface area contributed by atoms with Crippen LogP contribution in [0.1, 0.15) is 6.92 Å². The van der Waals surface area contributed by atoms with Crippen LogP contribution in [0.25, 0.3) is 16.3 Å². The Morgan fingerprint density at radius 2 is 2.04 bits per heavy atom. The average Bonchev–Trinajstić information content (AvgIpc) is 3.11. The number of nitrogens with two attached hydrogens (primary N) is 1. The Kier molecular flexibility index (Phi) is 4.07. The fraction of sp³-hybridized carbons (Fsp3) is 0.0714. The van der Waals surface area contributed by atoms with Gasteiger partial charge in [-0.2, -0.15) is 0 Å². The lowest BCUT2D eigenvalue weighted by Gasteiger charge is -2.05. The van der Waals surface area contributed by atoms with Crippen molar-refractivity contribution in [3.05, 3.63) is 40.6 Å². The molecule has 1 amide bonds. The van der Waals surface area contributed by atoms with Crippen molar-refractivity contribution in [2.24, 2.45) is 0 Å². The van der Waals surface area contributed by atoms with Gasteiger partial charge in [-0.1, -0.05) is 11.3 Å². The van der Waals surface area contributed by atoms with Crippen molar-refractivity contribution in [1.29, 1.82) is 0 Å². The molecule has 0 aliphatic rings. The monoisotopic (exact) mass is 360 g/mol. The first kappa shape index (κ1) is 16.4. The van der Waals surface area contributed by atoms with Crippen LogP contribution in [0, 0.1) is 10.1 Å². The minimum absolute atomic E-state index is 0.0528. The average molecular weight is 360 g/mol. The van der Waals surface area contributed by atoms with Crippen molar-refractivity contribution in [3.8, 4) is 22.0 Å². The maximum Gasteiger partial charge on any atom is 0.269 e. The van der Waals surface area contributed by atoms with Crippen LogP contribution in [-0.2, 0) is 4.79 Å². The lowest BCUT2D eigenvalue weighted by Crippen LogP contribution is -2.04. The second-order valence-corrected chi connectivity index (χ2v) is 5.99. The highest BCUT2D eigenvalue weighted by Crippen LogP contribution is 2.40. The van der Waals surface area contributed by atoms with Crippen LogP contribution >= 0.6 is 11.3 Å².